The van der Waals surface area contributed by atoms with Crippen molar-refractivity contribution in [3.8, 4) is 0 Å². The molecule has 2 rings (SSSR count). The van der Waals surface area contributed by atoms with E-state index in [4.69, 9.17) is 16.3 Å². The predicted molar refractivity (Wildman–Crippen MR) is 86.1 cm³/mol. The third-order valence-corrected chi connectivity index (χ3v) is 4.47. The van der Waals surface area contributed by atoms with Gasteiger partial charge in [-0.25, -0.2) is 4.79 Å². The van der Waals surface area contributed by atoms with Crippen LogP contribution in [0.3, 0.4) is 0 Å². The molecule has 21 heavy (non-hydrogen) atoms. The van der Waals surface area contributed by atoms with E-state index in [9.17, 15) is 4.79 Å². The zero-order valence-corrected chi connectivity index (χ0v) is 13.6. The maximum atomic E-state index is 11.6. The fourth-order valence-corrected chi connectivity index (χ4v) is 3.03. The highest BCUT2D eigenvalue weighted by Gasteiger charge is 2.23. The molecule has 1 aliphatic rings. The van der Waals surface area contributed by atoms with E-state index in [1.54, 1.807) is 18.2 Å². The summed E-state index contributed by atoms with van der Waals surface area (Å²) in [5.74, 6) is 0.237. The van der Waals surface area contributed by atoms with Crippen LogP contribution < -0.4 is 5.32 Å². The zero-order valence-electron chi connectivity index (χ0n) is 12.9. The van der Waals surface area contributed by atoms with Gasteiger partial charge in [-0.15, -0.1) is 0 Å². The van der Waals surface area contributed by atoms with Gasteiger partial charge in [0.05, 0.1) is 23.4 Å². The number of likely N-dealkylation sites (tertiary alicyclic amines) is 1. The van der Waals surface area contributed by atoms with Gasteiger partial charge in [0.1, 0.15) is 0 Å². The number of halogens is 1. The number of ether oxygens (including phenoxy) is 1. The van der Waals surface area contributed by atoms with E-state index in [1.807, 2.05) is 0 Å². The second kappa shape index (κ2) is 7.14. The number of piperidine rings is 1. The monoisotopic (exact) mass is 310 g/mol. The molecule has 0 aliphatic carbocycles. The lowest BCUT2D eigenvalue weighted by atomic mass is 9.91. The van der Waals surface area contributed by atoms with E-state index < -0.39 is 0 Å². The summed E-state index contributed by atoms with van der Waals surface area (Å²) in [5, 5.41) is 4.08. The van der Waals surface area contributed by atoms with Gasteiger partial charge in [0, 0.05) is 12.6 Å². The molecule has 1 aromatic rings. The van der Waals surface area contributed by atoms with Crippen molar-refractivity contribution in [2.24, 2.45) is 5.92 Å². The van der Waals surface area contributed by atoms with Crippen molar-refractivity contribution >= 4 is 23.3 Å². The Balaban J connectivity index is 2.09. The second-order valence-corrected chi connectivity index (χ2v) is 6.19. The van der Waals surface area contributed by atoms with Gasteiger partial charge in [-0.05, 0) is 57.5 Å². The van der Waals surface area contributed by atoms with Gasteiger partial charge in [-0.1, -0.05) is 11.6 Å². The molecular formula is C16H23ClN2O2. The lowest BCUT2D eigenvalue weighted by molar-refractivity contribution is 0.0601. The average Bonchev–Trinajstić information content (AvgIpc) is 2.48. The topological polar surface area (TPSA) is 41.6 Å². The van der Waals surface area contributed by atoms with Gasteiger partial charge in [-0.3, -0.25) is 0 Å². The molecule has 5 heteroatoms. The van der Waals surface area contributed by atoms with Crippen molar-refractivity contribution in [3.63, 3.8) is 0 Å². The summed E-state index contributed by atoms with van der Waals surface area (Å²) < 4.78 is 4.75. The van der Waals surface area contributed by atoms with E-state index in [2.05, 4.69) is 24.2 Å². The maximum absolute atomic E-state index is 11.6. The Morgan fingerprint density at radius 3 is 2.95 bits per heavy atom. The molecule has 1 aromatic carbocycles. The Labute approximate surface area is 131 Å². The number of anilines is 1. The number of esters is 1. The minimum atomic E-state index is -0.347. The molecule has 1 N–H and O–H groups in total. The molecule has 116 valence electrons. The lowest BCUT2D eigenvalue weighted by Crippen LogP contribution is -2.39. The largest absolute Gasteiger partial charge is 0.465 e. The van der Waals surface area contributed by atoms with Gasteiger partial charge in [-0.2, -0.15) is 0 Å². The Bertz CT molecular complexity index is 507. The van der Waals surface area contributed by atoms with E-state index in [1.165, 1.54) is 26.5 Å². The third-order valence-electron chi connectivity index (χ3n) is 4.14. The summed E-state index contributed by atoms with van der Waals surface area (Å²) in [5.41, 5.74) is 1.30. The lowest BCUT2D eigenvalue weighted by Gasteiger charge is -2.34. The van der Waals surface area contributed by atoms with Crippen molar-refractivity contribution in [2.45, 2.75) is 25.8 Å². The number of hydrogen-bond acceptors (Lipinski definition) is 4. The minimum absolute atomic E-state index is 0.304. The van der Waals surface area contributed by atoms with Crippen LogP contribution in [0.25, 0.3) is 0 Å². The first-order valence-electron chi connectivity index (χ1n) is 7.34. The highest BCUT2D eigenvalue weighted by Crippen LogP contribution is 2.27. The van der Waals surface area contributed by atoms with E-state index in [0.717, 1.165) is 12.2 Å². The number of nitrogens with zero attached hydrogens (tertiary/aromatic N) is 1. The number of carbonyl (C=O) groups is 1. The van der Waals surface area contributed by atoms with Crippen LogP contribution in [-0.2, 0) is 4.74 Å². The van der Waals surface area contributed by atoms with Crippen LogP contribution in [0.4, 0.5) is 5.69 Å². The normalized spacial score (nSPS) is 20.9. The third kappa shape index (κ3) is 4.11. The van der Waals surface area contributed by atoms with Crippen molar-refractivity contribution in [1.82, 2.24) is 4.90 Å². The molecule has 2 atom stereocenters. The Kier molecular flexibility index (Phi) is 5.48. The second-order valence-electron chi connectivity index (χ2n) is 5.78. The standard InChI is InChI=1S/C16H23ClN2O2/c1-11(13-5-4-8-19(2)10-13)18-15-9-12(16(20)21-3)6-7-14(15)17/h6-7,9,11,13,18H,4-5,8,10H2,1-3H3. The first kappa shape index (κ1) is 16.1. The van der Waals surface area contributed by atoms with Gasteiger partial charge < -0.3 is 15.0 Å². The SMILES string of the molecule is COC(=O)c1ccc(Cl)c(NC(C)C2CCCN(C)C2)c1. The van der Waals surface area contributed by atoms with Gasteiger partial charge >= 0.3 is 5.97 Å². The van der Waals surface area contributed by atoms with Crippen molar-refractivity contribution in [3.05, 3.63) is 28.8 Å². The molecule has 0 radical (unpaired) electrons. The quantitative estimate of drug-likeness (QED) is 0.867. The van der Waals surface area contributed by atoms with Crippen LogP contribution in [-0.4, -0.2) is 44.2 Å². The summed E-state index contributed by atoms with van der Waals surface area (Å²) in [4.78, 5) is 14.0. The number of rotatable bonds is 4. The number of methoxy groups -OCH3 is 1. The summed E-state index contributed by atoms with van der Waals surface area (Å²) in [6, 6.07) is 5.48. The number of carbonyl (C=O) groups excluding carboxylic acids is 1. The molecule has 0 spiro atoms. The van der Waals surface area contributed by atoms with Crippen LogP contribution in [0.1, 0.15) is 30.1 Å². The number of hydrogen-bond donors (Lipinski definition) is 1. The van der Waals surface area contributed by atoms with Crippen LogP contribution in [0.15, 0.2) is 18.2 Å². The predicted octanol–water partition coefficient (Wildman–Crippen LogP) is 3.27. The zero-order chi connectivity index (χ0) is 15.4. The average molecular weight is 311 g/mol. The van der Waals surface area contributed by atoms with Crippen LogP contribution in [0.5, 0.6) is 0 Å². The molecule has 0 aromatic heterocycles. The molecule has 0 bridgehead atoms. The molecule has 1 fully saturated rings. The van der Waals surface area contributed by atoms with Crippen molar-refractivity contribution in [2.75, 3.05) is 32.6 Å². The van der Waals surface area contributed by atoms with Gasteiger partial charge in [0.25, 0.3) is 0 Å². The van der Waals surface area contributed by atoms with Crippen LogP contribution >= 0.6 is 11.6 Å². The maximum Gasteiger partial charge on any atom is 0.337 e. The highest BCUT2D eigenvalue weighted by molar-refractivity contribution is 6.33. The Morgan fingerprint density at radius 2 is 2.29 bits per heavy atom. The minimum Gasteiger partial charge on any atom is -0.465 e. The van der Waals surface area contributed by atoms with E-state index in [-0.39, 0.29) is 5.97 Å². The van der Waals surface area contributed by atoms with Crippen LogP contribution in [0, 0.1) is 5.92 Å². The van der Waals surface area contributed by atoms with E-state index >= 15 is 0 Å². The molecular weight excluding hydrogens is 288 g/mol. The summed E-state index contributed by atoms with van der Waals surface area (Å²) in [7, 11) is 3.54. The Morgan fingerprint density at radius 1 is 1.52 bits per heavy atom. The van der Waals surface area contributed by atoms with Gasteiger partial charge in [0.15, 0.2) is 0 Å². The highest BCUT2D eigenvalue weighted by atomic mass is 35.5. The van der Waals surface area contributed by atoms with Gasteiger partial charge in [0.2, 0.25) is 0 Å². The molecule has 1 saturated heterocycles. The number of benzene rings is 1. The smallest absolute Gasteiger partial charge is 0.337 e. The summed E-state index contributed by atoms with van der Waals surface area (Å²) >= 11 is 6.23. The molecule has 2 unspecified atom stereocenters. The van der Waals surface area contributed by atoms with Crippen LogP contribution in [0.2, 0.25) is 5.02 Å². The fraction of sp³-hybridized carbons (Fsp3) is 0.562. The summed E-state index contributed by atoms with van der Waals surface area (Å²) in [6.45, 7) is 4.43. The molecule has 0 saturated carbocycles. The first-order chi connectivity index (χ1) is 10.0. The molecule has 1 aliphatic heterocycles. The molecule has 1 heterocycles. The first-order valence-corrected chi connectivity index (χ1v) is 7.72. The summed E-state index contributed by atoms with van der Waals surface area (Å²) in [6.07, 6.45) is 2.44. The Hall–Kier alpha value is -1.26. The van der Waals surface area contributed by atoms with Crippen molar-refractivity contribution in [1.29, 1.82) is 0 Å². The fourth-order valence-electron chi connectivity index (χ4n) is 2.86. The number of nitrogens with one attached hydrogen (secondary N) is 1. The molecule has 0 amide bonds. The molecule has 4 nitrogen and oxygen atoms in total. The van der Waals surface area contributed by atoms with E-state index in [0.29, 0.717) is 22.5 Å². The van der Waals surface area contributed by atoms with Crippen molar-refractivity contribution < 1.29 is 9.53 Å².